The minimum absolute atomic E-state index is 0.124. The van der Waals surface area contributed by atoms with Crippen molar-refractivity contribution in [1.82, 2.24) is 9.13 Å². The minimum atomic E-state index is -0.639. The van der Waals surface area contributed by atoms with Gasteiger partial charge in [0.25, 0.3) is 5.56 Å². The molecule has 0 saturated carbocycles. The fourth-order valence-electron chi connectivity index (χ4n) is 2.18. The molecule has 2 rings (SSSR count). The van der Waals surface area contributed by atoms with E-state index in [2.05, 4.69) is 5.32 Å². The maximum atomic E-state index is 12.1. The molecular formula is C15H14Cl2N4O2. The Morgan fingerprint density at radius 3 is 2.39 bits per heavy atom. The van der Waals surface area contributed by atoms with Crippen molar-refractivity contribution in [2.24, 2.45) is 14.1 Å². The van der Waals surface area contributed by atoms with Crippen molar-refractivity contribution in [2.75, 3.05) is 5.32 Å². The van der Waals surface area contributed by atoms with Crippen LogP contribution in [0, 0.1) is 11.3 Å². The molecule has 0 aliphatic carbocycles. The van der Waals surface area contributed by atoms with Crippen LogP contribution in [0.4, 0.5) is 5.82 Å². The van der Waals surface area contributed by atoms with Crippen LogP contribution in [0.3, 0.4) is 0 Å². The maximum absolute atomic E-state index is 12.1. The number of nitrogens with zero attached hydrogens (tertiary/aromatic N) is 3. The third-order valence-corrected chi connectivity index (χ3v) is 4.31. The van der Waals surface area contributed by atoms with Crippen molar-refractivity contribution in [2.45, 2.75) is 13.0 Å². The Balaban J connectivity index is 2.52. The van der Waals surface area contributed by atoms with Crippen molar-refractivity contribution in [1.29, 1.82) is 5.26 Å². The van der Waals surface area contributed by atoms with Gasteiger partial charge in [-0.2, -0.15) is 5.26 Å². The summed E-state index contributed by atoms with van der Waals surface area (Å²) in [6, 6.07) is 6.67. The highest BCUT2D eigenvalue weighted by Gasteiger charge is 2.18. The normalized spacial score (nSPS) is 11.8. The van der Waals surface area contributed by atoms with Gasteiger partial charge in [0.1, 0.15) is 11.9 Å². The molecule has 1 N–H and O–H groups in total. The topological polar surface area (TPSA) is 79.8 Å². The third kappa shape index (κ3) is 3.11. The number of nitrogens with one attached hydrogen (secondary N) is 1. The largest absolute Gasteiger partial charge is 0.364 e. The van der Waals surface area contributed by atoms with E-state index in [-0.39, 0.29) is 17.4 Å². The Morgan fingerprint density at radius 2 is 1.83 bits per heavy atom. The van der Waals surface area contributed by atoms with Crippen LogP contribution in [0.15, 0.2) is 27.8 Å². The third-order valence-electron chi connectivity index (χ3n) is 3.57. The van der Waals surface area contributed by atoms with E-state index in [0.717, 1.165) is 10.1 Å². The summed E-state index contributed by atoms with van der Waals surface area (Å²) >= 11 is 11.9. The summed E-state index contributed by atoms with van der Waals surface area (Å²) < 4.78 is 2.13. The molecule has 1 unspecified atom stereocenters. The van der Waals surface area contributed by atoms with Gasteiger partial charge in [-0.25, -0.2) is 4.79 Å². The van der Waals surface area contributed by atoms with E-state index in [1.807, 2.05) is 13.0 Å². The van der Waals surface area contributed by atoms with Gasteiger partial charge in [-0.3, -0.25) is 13.9 Å². The predicted molar refractivity (Wildman–Crippen MR) is 90.1 cm³/mol. The van der Waals surface area contributed by atoms with Crippen LogP contribution in [0.1, 0.15) is 24.1 Å². The Kier molecular flexibility index (Phi) is 4.83. The average Bonchev–Trinajstić information content (AvgIpc) is 2.53. The fraction of sp³-hybridized carbons (Fsp3) is 0.267. The van der Waals surface area contributed by atoms with Crippen molar-refractivity contribution in [3.63, 3.8) is 0 Å². The zero-order chi connectivity index (χ0) is 17.3. The van der Waals surface area contributed by atoms with Gasteiger partial charge in [-0.05, 0) is 24.6 Å². The van der Waals surface area contributed by atoms with Crippen LogP contribution >= 0.6 is 23.2 Å². The summed E-state index contributed by atoms with van der Waals surface area (Å²) in [5.74, 6) is 0.166. The summed E-state index contributed by atoms with van der Waals surface area (Å²) in [4.78, 5) is 24.1. The number of hydrogen-bond donors (Lipinski definition) is 1. The lowest BCUT2D eigenvalue weighted by Gasteiger charge is -2.19. The predicted octanol–water partition coefficient (Wildman–Crippen LogP) is 2.44. The van der Waals surface area contributed by atoms with Crippen LogP contribution in [0.5, 0.6) is 0 Å². The molecule has 0 fully saturated rings. The molecule has 8 heteroatoms. The summed E-state index contributed by atoms with van der Waals surface area (Å²) in [6.07, 6.45) is 0. The summed E-state index contributed by atoms with van der Waals surface area (Å²) in [5.41, 5.74) is -0.477. The first-order valence-electron chi connectivity index (χ1n) is 6.69. The molecule has 1 atom stereocenters. The van der Waals surface area contributed by atoms with Gasteiger partial charge in [0.15, 0.2) is 5.56 Å². The lowest BCUT2D eigenvalue weighted by molar-refractivity contribution is 0.678. The Labute approximate surface area is 142 Å². The quantitative estimate of drug-likeness (QED) is 0.919. The van der Waals surface area contributed by atoms with Crippen LogP contribution in [0.25, 0.3) is 0 Å². The van der Waals surface area contributed by atoms with E-state index < -0.39 is 11.2 Å². The second kappa shape index (κ2) is 6.49. The highest BCUT2D eigenvalue weighted by atomic mass is 35.5. The van der Waals surface area contributed by atoms with Gasteiger partial charge in [0, 0.05) is 20.1 Å². The zero-order valence-electron chi connectivity index (χ0n) is 12.7. The van der Waals surface area contributed by atoms with Gasteiger partial charge >= 0.3 is 5.69 Å². The van der Waals surface area contributed by atoms with E-state index in [9.17, 15) is 14.9 Å². The monoisotopic (exact) mass is 352 g/mol. The molecule has 1 heterocycles. The van der Waals surface area contributed by atoms with Crippen LogP contribution in [-0.4, -0.2) is 9.13 Å². The average molecular weight is 353 g/mol. The first kappa shape index (κ1) is 17.1. The maximum Gasteiger partial charge on any atom is 0.332 e. The molecular weight excluding hydrogens is 339 g/mol. The molecule has 0 bridgehead atoms. The van der Waals surface area contributed by atoms with Crippen LogP contribution < -0.4 is 16.6 Å². The van der Waals surface area contributed by atoms with Gasteiger partial charge in [-0.1, -0.05) is 29.3 Å². The van der Waals surface area contributed by atoms with Crippen LogP contribution in [-0.2, 0) is 14.1 Å². The second-order valence-corrected chi connectivity index (χ2v) is 5.90. The summed E-state index contributed by atoms with van der Waals surface area (Å²) in [7, 11) is 2.82. The molecule has 2 aromatic rings. The number of halogens is 2. The number of rotatable bonds is 3. The number of hydrogen-bond acceptors (Lipinski definition) is 4. The Hall–Kier alpha value is -2.23. The molecule has 6 nitrogen and oxygen atoms in total. The second-order valence-electron chi connectivity index (χ2n) is 5.08. The minimum Gasteiger partial charge on any atom is -0.364 e. The Bertz CT molecular complexity index is 925. The van der Waals surface area contributed by atoms with Crippen LogP contribution in [0.2, 0.25) is 10.0 Å². The highest BCUT2D eigenvalue weighted by molar-refractivity contribution is 6.42. The lowest BCUT2D eigenvalue weighted by atomic mass is 10.1. The van der Waals surface area contributed by atoms with E-state index in [1.54, 1.807) is 18.2 Å². The fourth-order valence-corrected chi connectivity index (χ4v) is 2.49. The van der Waals surface area contributed by atoms with Crippen molar-refractivity contribution in [3.8, 4) is 6.07 Å². The molecule has 1 aromatic heterocycles. The van der Waals surface area contributed by atoms with E-state index in [1.165, 1.54) is 18.7 Å². The molecule has 0 spiro atoms. The first-order valence-corrected chi connectivity index (χ1v) is 7.45. The molecule has 1 aromatic carbocycles. The van der Waals surface area contributed by atoms with Crippen molar-refractivity contribution in [3.05, 3.63) is 60.2 Å². The lowest BCUT2D eigenvalue weighted by Crippen LogP contribution is -2.40. The Morgan fingerprint density at radius 1 is 1.17 bits per heavy atom. The van der Waals surface area contributed by atoms with Gasteiger partial charge < -0.3 is 5.32 Å². The smallest absolute Gasteiger partial charge is 0.332 e. The summed E-state index contributed by atoms with van der Waals surface area (Å²) in [6.45, 7) is 1.82. The van der Waals surface area contributed by atoms with E-state index >= 15 is 0 Å². The molecule has 0 amide bonds. The van der Waals surface area contributed by atoms with Gasteiger partial charge in [0.05, 0.1) is 10.0 Å². The number of aromatic nitrogens is 2. The van der Waals surface area contributed by atoms with E-state index in [4.69, 9.17) is 23.2 Å². The molecule has 0 aliphatic rings. The molecule has 23 heavy (non-hydrogen) atoms. The van der Waals surface area contributed by atoms with Gasteiger partial charge in [-0.15, -0.1) is 0 Å². The first-order chi connectivity index (χ1) is 10.8. The number of anilines is 1. The SMILES string of the molecule is CC(Nc1c(C#N)c(=O)n(C)c(=O)n1C)c1ccc(Cl)c(Cl)c1. The van der Waals surface area contributed by atoms with Crippen molar-refractivity contribution >= 4 is 29.0 Å². The zero-order valence-corrected chi connectivity index (χ0v) is 14.2. The van der Waals surface area contributed by atoms with E-state index in [0.29, 0.717) is 10.0 Å². The summed E-state index contributed by atoms with van der Waals surface area (Å²) in [5, 5.41) is 13.1. The molecule has 120 valence electrons. The standard InChI is InChI=1S/C15H14Cl2N4O2/c1-8(9-4-5-11(16)12(17)6-9)19-13-10(7-18)14(22)21(3)15(23)20(13)2/h4-6,8,19H,1-3H3. The molecule has 0 saturated heterocycles. The molecule has 0 aliphatic heterocycles. The van der Waals surface area contributed by atoms with Crippen molar-refractivity contribution < 1.29 is 0 Å². The van der Waals surface area contributed by atoms with Gasteiger partial charge in [0.2, 0.25) is 0 Å². The number of nitriles is 1. The molecule has 0 radical (unpaired) electrons. The number of benzene rings is 1. The highest BCUT2D eigenvalue weighted by Crippen LogP contribution is 2.27.